The van der Waals surface area contributed by atoms with E-state index in [1.807, 2.05) is 12.3 Å². The predicted molar refractivity (Wildman–Crippen MR) is 89.8 cm³/mol. The molecule has 1 aromatic heterocycles. The summed E-state index contributed by atoms with van der Waals surface area (Å²) in [6, 6.07) is 6.76. The van der Waals surface area contributed by atoms with Crippen LogP contribution in [0.4, 0.5) is 5.82 Å². The van der Waals surface area contributed by atoms with Crippen molar-refractivity contribution < 1.29 is 0 Å². The van der Waals surface area contributed by atoms with Crippen LogP contribution in [0.1, 0.15) is 27.2 Å². The molecule has 21 heavy (non-hydrogen) atoms. The molecule has 1 atom stereocenters. The van der Waals surface area contributed by atoms with Gasteiger partial charge in [0.15, 0.2) is 0 Å². The van der Waals surface area contributed by atoms with Crippen LogP contribution < -0.4 is 10.2 Å². The van der Waals surface area contributed by atoms with Gasteiger partial charge in [0, 0.05) is 45.0 Å². The Hall–Kier alpha value is -1.13. The Morgan fingerprint density at radius 2 is 1.90 bits per heavy atom. The lowest BCUT2D eigenvalue weighted by molar-refractivity contribution is 0.192. The zero-order valence-corrected chi connectivity index (χ0v) is 13.8. The van der Waals surface area contributed by atoms with Crippen LogP contribution in [0.25, 0.3) is 0 Å². The van der Waals surface area contributed by atoms with E-state index in [-0.39, 0.29) is 0 Å². The lowest BCUT2D eigenvalue weighted by Gasteiger charge is -2.38. The van der Waals surface area contributed by atoms with Gasteiger partial charge >= 0.3 is 0 Å². The zero-order valence-electron chi connectivity index (χ0n) is 13.8. The van der Waals surface area contributed by atoms with Crippen molar-refractivity contribution in [1.82, 2.24) is 15.2 Å². The Bertz CT molecular complexity index is 385. The highest BCUT2D eigenvalue weighted by atomic mass is 15.3. The van der Waals surface area contributed by atoms with Crippen molar-refractivity contribution in [2.24, 2.45) is 5.92 Å². The third-order valence-corrected chi connectivity index (χ3v) is 4.25. The smallest absolute Gasteiger partial charge is 0.128 e. The minimum absolute atomic E-state index is 0.614. The van der Waals surface area contributed by atoms with Gasteiger partial charge < -0.3 is 10.2 Å². The van der Waals surface area contributed by atoms with Crippen LogP contribution in [-0.2, 0) is 0 Å². The van der Waals surface area contributed by atoms with E-state index in [1.165, 1.54) is 6.42 Å². The van der Waals surface area contributed by atoms with Crippen molar-refractivity contribution in [2.75, 3.05) is 44.2 Å². The molecule has 1 saturated heterocycles. The number of pyridine rings is 1. The highest BCUT2D eigenvalue weighted by molar-refractivity contribution is 5.38. The maximum Gasteiger partial charge on any atom is 0.128 e. The van der Waals surface area contributed by atoms with E-state index in [2.05, 4.69) is 53.0 Å². The van der Waals surface area contributed by atoms with Gasteiger partial charge in [-0.25, -0.2) is 4.98 Å². The predicted octanol–water partition coefficient (Wildman–Crippen LogP) is 2.23. The van der Waals surface area contributed by atoms with E-state index >= 15 is 0 Å². The molecule has 0 amide bonds. The molecule has 2 heterocycles. The van der Waals surface area contributed by atoms with Crippen LogP contribution in [-0.4, -0.2) is 55.2 Å². The molecule has 0 aliphatic carbocycles. The topological polar surface area (TPSA) is 31.4 Å². The molecule has 0 radical (unpaired) electrons. The van der Waals surface area contributed by atoms with Gasteiger partial charge in [0.2, 0.25) is 0 Å². The first kappa shape index (κ1) is 16.2. The summed E-state index contributed by atoms with van der Waals surface area (Å²) < 4.78 is 0. The van der Waals surface area contributed by atoms with Gasteiger partial charge in [-0.15, -0.1) is 0 Å². The summed E-state index contributed by atoms with van der Waals surface area (Å²) in [4.78, 5) is 9.41. The van der Waals surface area contributed by atoms with E-state index in [1.54, 1.807) is 0 Å². The normalized spacial score (nSPS) is 18.2. The van der Waals surface area contributed by atoms with Crippen molar-refractivity contribution in [2.45, 2.75) is 33.2 Å². The largest absolute Gasteiger partial charge is 0.354 e. The Kier molecular flexibility index (Phi) is 6.46. The number of hydrogen-bond acceptors (Lipinski definition) is 4. The van der Waals surface area contributed by atoms with Gasteiger partial charge in [-0.1, -0.05) is 19.9 Å². The van der Waals surface area contributed by atoms with Gasteiger partial charge in [0.1, 0.15) is 5.82 Å². The summed E-state index contributed by atoms with van der Waals surface area (Å²) in [6.45, 7) is 13.5. The summed E-state index contributed by atoms with van der Waals surface area (Å²) in [5.41, 5.74) is 0. The average Bonchev–Trinajstić information content (AvgIpc) is 2.52. The number of anilines is 1. The third-order valence-electron chi connectivity index (χ3n) is 4.25. The minimum atomic E-state index is 0.614. The maximum absolute atomic E-state index is 4.44. The van der Waals surface area contributed by atoms with E-state index in [9.17, 15) is 0 Å². The van der Waals surface area contributed by atoms with Gasteiger partial charge in [0.05, 0.1) is 0 Å². The lowest BCUT2D eigenvalue weighted by atomic mass is 10.1. The molecule has 2 rings (SSSR count). The van der Waals surface area contributed by atoms with Crippen LogP contribution in [0.15, 0.2) is 24.4 Å². The first-order valence-electron chi connectivity index (χ1n) is 8.27. The van der Waals surface area contributed by atoms with E-state index in [4.69, 9.17) is 0 Å². The molecule has 0 spiro atoms. The van der Waals surface area contributed by atoms with Gasteiger partial charge in [-0.05, 0) is 37.9 Å². The summed E-state index contributed by atoms with van der Waals surface area (Å²) in [7, 11) is 0. The van der Waals surface area contributed by atoms with E-state index in [0.29, 0.717) is 6.04 Å². The number of nitrogens with one attached hydrogen (secondary N) is 1. The van der Waals surface area contributed by atoms with Crippen LogP contribution in [0, 0.1) is 5.92 Å². The van der Waals surface area contributed by atoms with Crippen LogP contribution in [0.5, 0.6) is 0 Å². The van der Waals surface area contributed by atoms with E-state index in [0.717, 1.165) is 51.0 Å². The molecule has 1 aliphatic heterocycles. The highest BCUT2D eigenvalue weighted by Gasteiger charge is 2.21. The van der Waals surface area contributed by atoms with Crippen molar-refractivity contribution >= 4 is 5.82 Å². The molecule has 1 aromatic rings. The molecule has 118 valence electrons. The van der Waals surface area contributed by atoms with Crippen molar-refractivity contribution in [1.29, 1.82) is 0 Å². The molecular formula is C17H30N4. The Balaban J connectivity index is 1.68. The Labute approximate surface area is 129 Å². The van der Waals surface area contributed by atoms with Crippen molar-refractivity contribution in [3.63, 3.8) is 0 Å². The second-order valence-corrected chi connectivity index (χ2v) is 6.45. The molecule has 1 fully saturated rings. The SMILES string of the molecule is CC(C)CCNCC(C)N1CCN(c2ccccn2)CC1. The lowest BCUT2D eigenvalue weighted by Crippen LogP contribution is -2.52. The molecule has 1 N–H and O–H groups in total. The fourth-order valence-corrected chi connectivity index (χ4v) is 2.76. The molecule has 0 saturated carbocycles. The number of piperazine rings is 1. The molecule has 0 bridgehead atoms. The number of rotatable bonds is 7. The molecule has 4 nitrogen and oxygen atoms in total. The summed E-state index contributed by atoms with van der Waals surface area (Å²) >= 11 is 0. The molecule has 1 aliphatic rings. The van der Waals surface area contributed by atoms with Crippen molar-refractivity contribution in [3.05, 3.63) is 24.4 Å². The fraction of sp³-hybridized carbons (Fsp3) is 0.706. The summed E-state index contributed by atoms with van der Waals surface area (Å²) in [5.74, 6) is 1.90. The summed E-state index contributed by atoms with van der Waals surface area (Å²) in [5, 5.41) is 3.59. The second-order valence-electron chi connectivity index (χ2n) is 6.45. The quantitative estimate of drug-likeness (QED) is 0.780. The molecule has 1 unspecified atom stereocenters. The maximum atomic E-state index is 4.44. The summed E-state index contributed by atoms with van der Waals surface area (Å²) in [6.07, 6.45) is 3.14. The van der Waals surface area contributed by atoms with Crippen molar-refractivity contribution in [3.8, 4) is 0 Å². The fourth-order valence-electron chi connectivity index (χ4n) is 2.76. The van der Waals surface area contributed by atoms with Crippen LogP contribution in [0.3, 0.4) is 0 Å². The monoisotopic (exact) mass is 290 g/mol. The number of nitrogens with zero attached hydrogens (tertiary/aromatic N) is 3. The first-order valence-corrected chi connectivity index (χ1v) is 8.27. The standard InChI is InChI=1S/C17H30N4/c1-15(2)7-9-18-14-16(3)20-10-12-21(13-11-20)17-6-4-5-8-19-17/h4-6,8,15-16,18H,7,9-14H2,1-3H3. The molecule has 0 aromatic carbocycles. The molecular weight excluding hydrogens is 260 g/mol. The van der Waals surface area contributed by atoms with Gasteiger partial charge in [-0.3, -0.25) is 4.90 Å². The van der Waals surface area contributed by atoms with E-state index < -0.39 is 0 Å². The Morgan fingerprint density at radius 1 is 1.14 bits per heavy atom. The van der Waals surface area contributed by atoms with Gasteiger partial charge in [0.25, 0.3) is 0 Å². The minimum Gasteiger partial charge on any atom is -0.354 e. The highest BCUT2D eigenvalue weighted by Crippen LogP contribution is 2.13. The third kappa shape index (κ3) is 5.29. The number of hydrogen-bond donors (Lipinski definition) is 1. The van der Waals surface area contributed by atoms with Crippen LogP contribution >= 0.6 is 0 Å². The van der Waals surface area contributed by atoms with Crippen LogP contribution in [0.2, 0.25) is 0 Å². The van der Waals surface area contributed by atoms with Gasteiger partial charge in [-0.2, -0.15) is 0 Å². The second kappa shape index (κ2) is 8.35. The zero-order chi connectivity index (χ0) is 15.1. The Morgan fingerprint density at radius 3 is 2.52 bits per heavy atom. The molecule has 4 heteroatoms. The first-order chi connectivity index (χ1) is 10.2. The number of aromatic nitrogens is 1. The average molecular weight is 290 g/mol.